The molecule has 0 fully saturated rings. The van der Waals surface area contributed by atoms with Crippen LogP contribution in [0.15, 0.2) is 24.3 Å². The van der Waals surface area contributed by atoms with Crippen LogP contribution in [0.4, 0.5) is 4.79 Å². The predicted octanol–water partition coefficient (Wildman–Crippen LogP) is 2.35. The van der Waals surface area contributed by atoms with Crippen molar-refractivity contribution in [2.24, 2.45) is 0 Å². The maximum absolute atomic E-state index is 11.6. The van der Waals surface area contributed by atoms with Gasteiger partial charge in [0.05, 0.1) is 0 Å². The molecule has 0 saturated carbocycles. The van der Waals surface area contributed by atoms with Crippen molar-refractivity contribution in [1.29, 1.82) is 0 Å². The number of amides is 2. The number of carbonyl (C=O) groups is 2. The van der Waals surface area contributed by atoms with E-state index < -0.39 is 18.0 Å². The summed E-state index contributed by atoms with van der Waals surface area (Å²) < 4.78 is 0. The highest BCUT2D eigenvalue weighted by atomic mass is 35.5. The maximum atomic E-state index is 11.6. The summed E-state index contributed by atoms with van der Waals surface area (Å²) in [7, 11) is 0. The van der Waals surface area contributed by atoms with Gasteiger partial charge < -0.3 is 15.7 Å². The van der Waals surface area contributed by atoms with Gasteiger partial charge in [0.1, 0.15) is 6.04 Å². The minimum absolute atomic E-state index is 0.317. The van der Waals surface area contributed by atoms with E-state index in [1.54, 1.807) is 24.3 Å². The molecule has 0 aliphatic heterocycles. The van der Waals surface area contributed by atoms with Crippen molar-refractivity contribution >= 4 is 35.4 Å². The Morgan fingerprint density at radius 1 is 1.35 bits per heavy atom. The minimum Gasteiger partial charge on any atom is -0.480 e. The lowest BCUT2D eigenvalue weighted by Crippen LogP contribution is -2.46. The van der Waals surface area contributed by atoms with E-state index in [4.69, 9.17) is 16.7 Å². The average Bonchev–Trinajstić information content (AvgIpc) is 2.42. The zero-order chi connectivity index (χ0) is 15.0. The van der Waals surface area contributed by atoms with Crippen LogP contribution in [0, 0.1) is 0 Å². The summed E-state index contributed by atoms with van der Waals surface area (Å²) in [5.41, 5.74) is 0.889. The number of rotatable bonds is 7. The number of carboxylic acids is 1. The van der Waals surface area contributed by atoms with Gasteiger partial charge in [-0.25, -0.2) is 9.59 Å². The molecule has 0 saturated heterocycles. The Labute approximate surface area is 127 Å². The Balaban J connectivity index is 2.41. The van der Waals surface area contributed by atoms with Gasteiger partial charge in [-0.05, 0) is 36.1 Å². The van der Waals surface area contributed by atoms with E-state index in [-0.39, 0.29) is 0 Å². The fraction of sp³-hybridized carbons (Fsp3) is 0.385. The summed E-state index contributed by atoms with van der Waals surface area (Å²) in [6, 6.07) is 5.70. The van der Waals surface area contributed by atoms with Crippen LogP contribution in [0.1, 0.15) is 12.0 Å². The molecule has 2 amide bonds. The molecule has 3 N–H and O–H groups in total. The van der Waals surface area contributed by atoms with Crippen LogP contribution in [-0.2, 0) is 11.3 Å². The lowest BCUT2D eigenvalue weighted by atomic mass is 10.2. The first-order valence-electron chi connectivity index (χ1n) is 6.03. The predicted molar refractivity (Wildman–Crippen MR) is 81.2 cm³/mol. The van der Waals surface area contributed by atoms with E-state index >= 15 is 0 Å². The van der Waals surface area contributed by atoms with E-state index in [9.17, 15) is 9.59 Å². The number of urea groups is 1. The van der Waals surface area contributed by atoms with E-state index in [0.29, 0.717) is 23.7 Å². The smallest absolute Gasteiger partial charge is 0.326 e. The standard InChI is InChI=1S/C13H17ClN2O3S/c1-20-7-6-11(12(17)18)16-13(19)15-8-9-2-4-10(14)5-3-9/h2-5,11H,6-8H2,1H3,(H,17,18)(H2,15,16,19)/t11-/m1/s1. The largest absolute Gasteiger partial charge is 0.480 e. The third-order valence-corrected chi connectivity index (χ3v) is 3.48. The fourth-order valence-corrected chi connectivity index (χ4v) is 2.08. The first kappa shape index (κ1) is 16.7. The van der Waals surface area contributed by atoms with Gasteiger partial charge in [-0.15, -0.1) is 0 Å². The highest BCUT2D eigenvalue weighted by Crippen LogP contribution is 2.09. The van der Waals surface area contributed by atoms with Crippen LogP contribution in [0.3, 0.4) is 0 Å². The van der Waals surface area contributed by atoms with Crippen LogP contribution < -0.4 is 10.6 Å². The number of halogens is 1. The van der Waals surface area contributed by atoms with Crippen molar-refractivity contribution in [2.45, 2.75) is 19.0 Å². The second-order valence-corrected chi connectivity index (χ2v) is 5.55. The maximum Gasteiger partial charge on any atom is 0.326 e. The highest BCUT2D eigenvalue weighted by molar-refractivity contribution is 7.98. The van der Waals surface area contributed by atoms with Crippen molar-refractivity contribution in [3.8, 4) is 0 Å². The van der Waals surface area contributed by atoms with Gasteiger partial charge in [0.25, 0.3) is 0 Å². The molecule has 110 valence electrons. The molecule has 1 rings (SSSR count). The lowest BCUT2D eigenvalue weighted by molar-refractivity contribution is -0.139. The van der Waals surface area contributed by atoms with Gasteiger partial charge in [0, 0.05) is 11.6 Å². The monoisotopic (exact) mass is 316 g/mol. The van der Waals surface area contributed by atoms with Crippen molar-refractivity contribution in [3.05, 3.63) is 34.9 Å². The van der Waals surface area contributed by atoms with Crippen LogP contribution in [0.5, 0.6) is 0 Å². The average molecular weight is 317 g/mol. The highest BCUT2D eigenvalue weighted by Gasteiger charge is 2.18. The molecular weight excluding hydrogens is 300 g/mol. The topological polar surface area (TPSA) is 78.4 Å². The molecule has 7 heteroatoms. The summed E-state index contributed by atoms with van der Waals surface area (Å²) in [6.45, 7) is 0.317. The molecule has 5 nitrogen and oxygen atoms in total. The SMILES string of the molecule is CSCC[C@@H](NC(=O)NCc1ccc(Cl)cc1)C(=O)O. The third kappa shape index (κ3) is 6.16. The summed E-state index contributed by atoms with van der Waals surface area (Å²) in [4.78, 5) is 22.6. The Bertz CT molecular complexity index is 453. The third-order valence-electron chi connectivity index (χ3n) is 2.58. The number of hydrogen-bond donors (Lipinski definition) is 3. The Morgan fingerprint density at radius 3 is 2.55 bits per heavy atom. The van der Waals surface area contributed by atoms with Gasteiger partial charge in [-0.2, -0.15) is 11.8 Å². The first-order chi connectivity index (χ1) is 9.52. The summed E-state index contributed by atoms with van der Waals surface area (Å²) in [6.07, 6.45) is 2.28. The van der Waals surface area contributed by atoms with Crippen molar-refractivity contribution in [2.75, 3.05) is 12.0 Å². The Kier molecular flexibility index (Phi) is 7.25. The molecule has 1 atom stereocenters. The molecule has 0 spiro atoms. The molecule has 1 aromatic carbocycles. The van der Waals surface area contributed by atoms with E-state index in [1.165, 1.54) is 11.8 Å². The van der Waals surface area contributed by atoms with E-state index in [1.807, 2.05) is 6.26 Å². The quantitative estimate of drug-likeness (QED) is 0.721. The van der Waals surface area contributed by atoms with Crippen molar-refractivity contribution < 1.29 is 14.7 Å². The molecule has 0 bridgehead atoms. The van der Waals surface area contributed by atoms with E-state index in [0.717, 1.165) is 5.56 Å². The number of hydrogen-bond acceptors (Lipinski definition) is 3. The molecule has 0 aromatic heterocycles. The summed E-state index contributed by atoms with van der Waals surface area (Å²) in [5.74, 6) is -0.352. The molecular formula is C13H17ClN2O3S. The van der Waals surface area contributed by atoms with Crippen LogP contribution in [0.25, 0.3) is 0 Å². The number of carbonyl (C=O) groups excluding carboxylic acids is 1. The van der Waals surface area contributed by atoms with Gasteiger partial charge in [-0.1, -0.05) is 23.7 Å². The van der Waals surface area contributed by atoms with Crippen LogP contribution >= 0.6 is 23.4 Å². The zero-order valence-corrected chi connectivity index (χ0v) is 12.6. The number of benzene rings is 1. The summed E-state index contributed by atoms with van der Waals surface area (Å²) >= 11 is 7.30. The van der Waals surface area contributed by atoms with Gasteiger partial charge in [-0.3, -0.25) is 0 Å². The summed E-state index contributed by atoms with van der Waals surface area (Å²) in [5, 5.41) is 14.7. The number of thioether (sulfide) groups is 1. The molecule has 20 heavy (non-hydrogen) atoms. The minimum atomic E-state index is -1.03. The van der Waals surface area contributed by atoms with Gasteiger partial charge in [0.2, 0.25) is 0 Å². The Morgan fingerprint density at radius 2 is 2.00 bits per heavy atom. The molecule has 1 aromatic rings. The van der Waals surface area contributed by atoms with Crippen molar-refractivity contribution in [1.82, 2.24) is 10.6 Å². The van der Waals surface area contributed by atoms with Gasteiger partial charge in [0.15, 0.2) is 0 Å². The molecule has 0 radical (unpaired) electrons. The van der Waals surface area contributed by atoms with Crippen LogP contribution in [-0.4, -0.2) is 35.2 Å². The zero-order valence-electron chi connectivity index (χ0n) is 11.1. The van der Waals surface area contributed by atoms with Gasteiger partial charge >= 0.3 is 12.0 Å². The molecule has 0 aliphatic rings. The molecule has 0 aliphatic carbocycles. The van der Waals surface area contributed by atoms with Crippen molar-refractivity contribution in [3.63, 3.8) is 0 Å². The Hall–Kier alpha value is -1.40. The number of carboxylic acid groups (broad SMARTS) is 1. The normalized spacial score (nSPS) is 11.7. The number of aliphatic carboxylic acids is 1. The number of nitrogens with one attached hydrogen (secondary N) is 2. The lowest BCUT2D eigenvalue weighted by Gasteiger charge is -2.14. The first-order valence-corrected chi connectivity index (χ1v) is 7.80. The molecule has 0 unspecified atom stereocenters. The van der Waals surface area contributed by atoms with Crippen LogP contribution in [0.2, 0.25) is 5.02 Å². The van der Waals surface area contributed by atoms with E-state index in [2.05, 4.69) is 10.6 Å². The second-order valence-electron chi connectivity index (χ2n) is 4.13. The molecule has 0 heterocycles. The fourth-order valence-electron chi connectivity index (χ4n) is 1.49. The second kappa shape index (κ2) is 8.71.